The zero-order valence-electron chi connectivity index (χ0n) is 10.3. The average molecular weight is 207 g/mol. The molecule has 0 radical (unpaired) electrons. The molecule has 0 atom stereocenters. The lowest BCUT2D eigenvalue weighted by atomic mass is 9.96. The van der Waals surface area contributed by atoms with Crippen molar-refractivity contribution in [1.29, 1.82) is 0 Å². The van der Waals surface area contributed by atoms with Crippen LogP contribution in [0.2, 0.25) is 0 Å². The van der Waals surface area contributed by atoms with Gasteiger partial charge in [0, 0.05) is 6.54 Å². The molecule has 1 rings (SSSR count). The molecule has 15 heavy (non-hydrogen) atoms. The van der Waals surface area contributed by atoms with E-state index in [-0.39, 0.29) is 0 Å². The van der Waals surface area contributed by atoms with Crippen molar-refractivity contribution in [3.8, 4) is 5.75 Å². The minimum absolute atomic E-state index is 0.496. The van der Waals surface area contributed by atoms with Gasteiger partial charge in [0.05, 0.1) is 7.11 Å². The fourth-order valence-electron chi connectivity index (χ4n) is 1.75. The first-order chi connectivity index (χ1) is 7.10. The summed E-state index contributed by atoms with van der Waals surface area (Å²) >= 11 is 0. The van der Waals surface area contributed by atoms with Crippen molar-refractivity contribution in [2.45, 2.75) is 33.2 Å². The second-order valence-electron chi connectivity index (χ2n) is 4.21. The summed E-state index contributed by atoms with van der Waals surface area (Å²) in [5.74, 6) is 1.50. The predicted molar refractivity (Wildman–Crippen MR) is 64.6 cm³/mol. The zero-order chi connectivity index (χ0) is 11.4. The third kappa shape index (κ3) is 2.72. The van der Waals surface area contributed by atoms with Gasteiger partial charge in [0.2, 0.25) is 0 Å². The molecule has 2 nitrogen and oxygen atoms in total. The van der Waals surface area contributed by atoms with E-state index in [9.17, 15) is 0 Å². The molecule has 0 aromatic heterocycles. The van der Waals surface area contributed by atoms with Gasteiger partial charge in [-0.05, 0) is 42.6 Å². The molecule has 0 bridgehead atoms. The largest absolute Gasteiger partial charge is 0.496 e. The molecule has 1 N–H and O–H groups in total. The molecule has 0 aliphatic carbocycles. The molecule has 1 aromatic carbocycles. The van der Waals surface area contributed by atoms with Crippen molar-refractivity contribution in [1.82, 2.24) is 5.32 Å². The van der Waals surface area contributed by atoms with Crippen LogP contribution in [0.25, 0.3) is 0 Å². The summed E-state index contributed by atoms with van der Waals surface area (Å²) in [7, 11) is 3.71. The van der Waals surface area contributed by atoms with E-state index in [1.54, 1.807) is 7.11 Å². The van der Waals surface area contributed by atoms with Gasteiger partial charge in [-0.2, -0.15) is 0 Å². The molecule has 1 aromatic rings. The molecule has 0 aliphatic heterocycles. The Kier molecular flexibility index (Phi) is 4.15. The van der Waals surface area contributed by atoms with E-state index in [1.807, 2.05) is 7.05 Å². The summed E-state index contributed by atoms with van der Waals surface area (Å²) in [6, 6.07) is 4.37. The second kappa shape index (κ2) is 5.17. The minimum atomic E-state index is 0.496. The Hall–Kier alpha value is -1.02. The lowest BCUT2D eigenvalue weighted by Crippen LogP contribution is -2.08. The highest BCUT2D eigenvalue weighted by atomic mass is 16.5. The number of hydrogen-bond acceptors (Lipinski definition) is 2. The van der Waals surface area contributed by atoms with Gasteiger partial charge < -0.3 is 10.1 Å². The summed E-state index contributed by atoms with van der Waals surface area (Å²) in [5, 5.41) is 3.19. The first-order valence-corrected chi connectivity index (χ1v) is 5.42. The van der Waals surface area contributed by atoms with Crippen LogP contribution in [0.3, 0.4) is 0 Å². The van der Waals surface area contributed by atoms with Crippen LogP contribution in [0.5, 0.6) is 5.75 Å². The molecule has 0 heterocycles. The molecule has 84 valence electrons. The molecule has 0 amide bonds. The minimum Gasteiger partial charge on any atom is -0.496 e. The van der Waals surface area contributed by atoms with Crippen LogP contribution in [0.4, 0.5) is 0 Å². The van der Waals surface area contributed by atoms with Gasteiger partial charge in [-0.3, -0.25) is 0 Å². The van der Waals surface area contributed by atoms with E-state index in [0.717, 1.165) is 12.3 Å². The van der Waals surface area contributed by atoms with E-state index in [0.29, 0.717) is 5.92 Å². The molecule has 0 aliphatic rings. The van der Waals surface area contributed by atoms with Crippen molar-refractivity contribution >= 4 is 0 Å². The van der Waals surface area contributed by atoms with Gasteiger partial charge in [0.15, 0.2) is 0 Å². The van der Waals surface area contributed by atoms with Gasteiger partial charge in [0.25, 0.3) is 0 Å². The smallest absolute Gasteiger partial charge is 0.122 e. The van der Waals surface area contributed by atoms with E-state index in [1.165, 1.54) is 16.7 Å². The van der Waals surface area contributed by atoms with Crippen molar-refractivity contribution < 1.29 is 4.74 Å². The Morgan fingerprint density at radius 1 is 1.33 bits per heavy atom. The van der Waals surface area contributed by atoms with E-state index in [4.69, 9.17) is 4.74 Å². The molecular weight excluding hydrogens is 186 g/mol. The standard InChI is InChI=1S/C13H21NO/c1-9(2)12-7-11(8-14-4)10(3)6-13(12)15-5/h6-7,9,14H,8H2,1-5H3. The third-order valence-electron chi connectivity index (χ3n) is 2.68. The quantitative estimate of drug-likeness (QED) is 0.819. The van der Waals surface area contributed by atoms with Gasteiger partial charge in [-0.15, -0.1) is 0 Å². The Morgan fingerprint density at radius 3 is 2.47 bits per heavy atom. The van der Waals surface area contributed by atoms with E-state index in [2.05, 4.69) is 38.2 Å². The highest BCUT2D eigenvalue weighted by molar-refractivity contribution is 5.43. The Balaban J connectivity index is 3.17. The van der Waals surface area contributed by atoms with Gasteiger partial charge >= 0.3 is 0 Å². The van der Waals surface area contributed by atoms with Crippen molar-refractivity contribution in [3.05, 3.63) is 28.8 Å². The first-order valence-electron chi connectivity index (χ1n) is 5.42. The Bertz CT molecular complexity index is 332. The summed E-state index contributed by atoms with van der Waals surface area (Å²) in [5.41, 5.74) is 3.92. The highest BCUT2D eigenvalue weighted by Crippen LogP contribution is 2.29. The maximum absolute atomic E-state index is 5.40. The lowest BCUT2D eigenvalue weighted by molar-refractivity contribution is 0.407. The van der Waals surface area contributed by atoms with Crippen LogP contribution in [-0.4, -0.2) is 14.2 Å². The first kappa shape index (κ1) is 12.1. The molecule has 2 heteroatoms. The fourth-order valence-corrected chi connectivity index (χ4v) is 1.75. The summed E-state index contributed by atoms with van der Waals surface area (Å²) < 4.78 is 5.40. The van der Waals surface area contributed by atoms with Crippen molar-refractivity contribution in [3.63, 3.8) is 0 Å². The highest BCUT2D eigenvalue weighted by Gasteiger charge is 2.10. The third-order valence-corrected chi connectivity index (χ3v) is 2.68. The van der Waals surface area contributed by atoms with Crippen molar-refractivity contribution in [2.75, 3.05) is 14.2 Å². The number of benzene rings is 1. The SMILES string of the molecule is CNCc1cc(C(C)C)c(OC)cc1C. The second-order valence-corrected chi connectivity index (χ2v) is 4.21. The summed E-state index contributed by atoms with van der Waals surface area (Å²) in [4.78, 5) is 0. The maximum Gasteiger partial charge on any atom is 0.122 e. The number of hydrogen-bond donors (Lipinski definition) is 1. The molecule has 0 spiro atoms. The van der Waals surface area contributed by atoms with Gasteiger partial charge in [-0.25, -0.2) is 0 Å². The predicted octanol–water partition coefficient (Wildman–Crippen LogP) is 2.85. The zero-order valence-corrected chi connectivity index (χ0v) is 10.3. The fraction of sp³-hybridized carbons (Fsp3) is 0.538. The monoisotopic (exact) mass is 207 g/mol. The Labute approximate surface area is 92.6 Å². The summed E-state index contributed by atoms with van der Waals surface area (Å²) in [6.07, 6.45) is 0. The van der Waals surface area contributed by atoms with Crippen molar-refractivity contribution in [2.24, 2.45) is 0 Å². The average Bonchev–Trinajstić information content (AvgIpc) is 2.20. The summed E-state index contributed by atoms with van der Waals surface area (Å²) in [6.45, 7) is 7.42. The maximum atomic E-state index is 5.40. The topological polar surface area (TPSA) is 21.3 Å². The number of nitrogens with one attached hydrogen (secondary N) is 1. The van der Waals surface area contributed by atoms with Crippen LogP contribution in [0, 0.1) is 6.92 Å². The van der Waals surface area contributed by atoms with Crippen LogP contribution >= 0.6 is 0 Å². The van der Waals surface area contributed by atoms with Gasteiger partial charge in [0.1, 0.15) is 5.75 Å². The van der Waals surface area contributed by atoms with Gasteiger partial charge in [-0.1, -0.05) is 19.9 Å². The number of rotatable bonds is 4. The number of methoxy groups -OCH3 is 1. The van der Waals surface area contributed by atoms with E-state index < -0.39 is 0 Å². The van der Waals surface area contributed by atoms with Crippen LogP contribution in [0.1, 0.15) is 36.5 Å². The van der Waals surface area contributed by atoms with Crippen LogP contribution in [-0.2, 0) is 6.54 Å². The lowest BCUT2D eigenvalue weighted by Gasteiger charge is -2.15. The molecule has 0 saturated carbocycles. The van der Waals surface area contributed by atoms with Crippen LogP contribution in [0.15, 0.2) is 12.1 Å². The van der Waals surface area contributed by atoms with Crippen LogP contribution < -0.4 is 10.1 Å². The van der Waals surface area contributed by atoms with E-state index >= 15 is 0 Å². The molecule has 0 saturated heterocycles. The normalized spacial score (nSPS) is 10.8. The molecule has 0 fully saturated rings. The number of aryl methyl sites for hydroxylation is 1. The molecular formula is C13H21NO. The number of ether oxygens (including phenoxy) is 1. The molecule has 0 unspecified atom stereocenters. The Morgan fingerprint density at radius 2 is 2.00 bits per heavy atom.